The molecule has 0 amide bonds. The molecule has 0 aliphatic carbocycles. The standard InChI is InChI=1S/C13H11N/c1-14-12-8-4-2-6-10(12)11-7-3-5-9-13(11)14/h2-9H,1H3/i2D,3D,4D,5D. The molecule has 0 aliphatic rings. The van der Waals surface area contributed by atoms with E-state index in [1.807, 2.05) is 11.6 Å². The van der Waals surface area contributed by atoms with Gasteiger partial charge in [0.1, 0.15) is 0 Å². The molecule has 0 atom stereocenters. The van der Waals surface area contributed by atoms with Crippen molar-refractivity contribution in [3.63, 3.8) is 0 Å². The largest absolute Gasteiger partial charge is 0.344 e. The molecule has 0 spiro atoms. The zero-order valence-corrected chi connectivity index (χ0v) is 7.76. The molecular formula is C13H11N. The van der Waals surface area contributed by atoms with E-state index in [4.69, 9.17) is 5.48 Å². The van der Waals surface area contributed by atoms with Gasteiger partial charge in [0, 0.05) is 28.9 Å². The third-order valence-electron chi connectivity index (χ3n) is 2.58. The molecule has 1 heteroatoms. The van der Waals surface area contributed by atoms with E-state index in [-0.39, 0.29) is 24.2 Å². The molecule has 0 N–H and O–H groups in total. The highest BCUT2D eigenvalue weighted by molar-refractivity contribution is 6.07. The number of nitrogens with zero attached hydrogens (tertiary/aromatic N) is 1. The molecule has 0 unspecified atom stereocenters. The smallest absolute Gasteiger partial charge is 0.0623 e. The van der Waals surface area contributed by atoms with E-state index in [0.29, 0.717) is 0 Å². The fourth-order valence-corrected chi connectivity index (χ4v) is 1.87. The Kier molecular flexibility index (Phi) is 0.867. The van der Waals surface area contributed by atoms with Crippen molar-refractivity contribution in [1.82, 2.24) is 4.57 Å². The van der Waals surface area contributed by atoms with Gasteiger partial charge >= 0.3 is 0 Å². The summed E-state index contributed by atoms with van der Waals surface area (Å²) in [6.07, 6.45) is 0. The topological polar surface area (TPSA) is 4.93 Å². The van der Waals surface area contributed by atoms with Crippen molar-refractivity contribution >= 4 is 21.8 Å². The Bertz CT molecular complexity index is 724. The summed E-state index contributed by atoms with van der Waals surface area (Å²) in [6.45, 7) is 0. The number of aromatic nitrogens is 1. The summed E-state index contributed by atoms with van der Waals surface area (Å²) in [5.74, 6) is 0. The van der Waals surface area contributed by atoms with Gasteiger partial charge in [-0.05, 0) is 12.1 Å². The fraction of sp³-hybridized carbons (Fsp3) is 0.0769. The molecule has 68 valence electrons. The van der Waals surface area contributed by atoms with Crippen LogP contribution in [0, 0.1) is 0 Å². The highest BCUT2D eigenvalue weighted by atomic mass is 14.9. The van der Waals surface area contributed by atoms with Crippen LogP contribution in [-0.2, 0) is 7.05 Å². The maximum Gasteiger partial charge on any atom is 0.0623 e. The van der Waals surface area contributed by atoms with Gasteiger partial charge in [0.05, 0.1) is 5.48 Å². The number of benzene rings is 2. The molecule has 1 nitrogen and oxygen atoms in total. The van der Waals surface area contributed by atoms with E-state index in [0.717, 1.165) is 21.8 Å². The van der Waals surface area contributed by atoms with E-state index in [1.165, 1.54) is 0 Å². The maximum atomic E-state index is 7.70. The minimum absolute atomic E-state index is 0.177. The first-order valence-electron chi connectivity index (χ1n) is 6.45. The zero-order valence-electron chi connectivity index (χ0n) is 11.8. The second-order valence-corrected chi connectivity index (χ2v) is 3.31. The lowest BCUT2D eigenvalue weighted by Gasteiger charge is -1.95. The van der Waals surface area contributed by atoms with E-state index in [9.17, 15) is 0 Å². The van der Waals surface area contributed by atoms with Crippen LogP contribution in [0.1, 0.15) is 5.48 Å². The summed E-state index contributed by atoms with van der Waals surface area (Å²) < 4.78 is 32.7. The molecule has 1 heterocycles. The van der Waals surface area contributed by atoms with Crippen LogP contribution in [0.3, 0.4) is 0 Å². The average molecular weight is 185 g/mol. The number of para-hydroxylation sites is 2. The van der Waals surface area contributed by atoms with E-state index >= 15 is 0 Å². The predicted octanol–water partition coefficient (Wildman–Crippen LogP) is 3.33. The van der Waals surface area contributed by atoms with Crippen molar-refractivity contribution in [3.8, 4) is 0 Å². The van der Waals surface area contributed by atoms with Crippen molar-refractivity contribution in [2.75, 3.05) is 0 Å². The quantitative estimate of drug-likeness (QED) is 0.506. The first-order chi connectivity index (χ1) is 8.49. The molecule has 3 aromatic rings. The normalized spacial score (nSPS) is 15.2. The predicted molar refractivity (Wildman–Crippen MR) is 60.4 cm³/mol. The van der Waals surface area contributed by atoms with E-state index < -0.39 is 0 Å². The van der Waals surface area contributed by atoms with Gasteiger partial charge in [-0.15, -0.1) is 0 Å². The molecule has 0 saturated heterocycles. The summed E-state index contributed by atoms with van der Waals surface area (Å²) >= 11 is 0. The highest BCUT2D eigenvalue weighted by Gasteiger charge is 2.04. The van der Waals surface area contributed by atoms with Crippen LogP contribution < -0.4 is 0 Å². The second kappa shape index (κ2) is 2.61. The third kappa shape index (κ3) is 0.841. The van der Waals surface area contributed by atoms with Crippen LogP contribution in [0.4, 0.5) is 0 Å². The zero-order chi connectivity index (χ0) is 13.0. The minimum Gasteiger partial charge on any atom is -0.344 e. The SMILES string of the molecule is [2H]c1cc2c3cc([2H])c([2H])cc3n(C)c2cc1[2H]. The minimum atomic E-state index is 0.177. The molecule has 0 aliphatic heterocycles. The van der Waals surface area contributed by atoms with Crippen molar-refractivity contribution in [1.29, 1.82) is 0 Å². The summed E-state index contributed by atoms with van der Waals surface area (Å²) in [5, 5.41) is 1.73. The Hall–Kier alpha value is -1.76. The Morgan fingerprint density at radius 2 is 1.29 bits per heavy atom. The molecule has 0 saturated carbocycles. The molecule has 1 aromatic heterocycles. The van der Waals surface area contributed by atoms with Gasteiger partial charge in [-0.2, -0.15) is 0 Å². The summed E-state index contributed by atoms with van der Waals surface area (Å²) in [6, 6.07) is 7.35. The first-order valence-corrected chi connectivity index (χ1v) is 4.45. The van der Waals surface area contributed by atoms with Crippen molar-refractivity contribution in [2.24, 2.45) is 7.05 Å². The van der Waals surface area contributed by atoms with E-state index in [1.54, 1.807) is 24.3 Å². The summed E-state index contributed by atoms with van der Waals surface area (Å²) in [7, 11) is 1.87. The third-order valence-corrected chi connectivity index (χ3v) is 2.58. The van der Waals surface area contributed by atoms with E-state index in [2.05, 4.69) is 0 Å². The number of rotatable bonds is 0. The lowest BCUT2D eigenvalue weighted by molar-refractivity contribution is 1.01. The van der Waals surface area contributed by atoms with Crippen LogP contribution in [0.5, 0.6) is 0 Å². The first kappa shape index (κ1) is 4.65. The van der Waals surface area contributed by atoms with Gasteiger partial charge in [-0.25, -0.2) is 0 Å². The van der Waals surface area contributed by atoms with Gasteiger partial charge < -0.3 is 4.57 Å². The molecule has 3 rings (SSSR count). The fourth-order valence-electron chi connectivity index (χ4n) is 1.87. The summed E-state index contributed by atoms with van der Waals surface area (Å²) in [5.41, 5.74) is 1.71. The number of hydrogen-bond acceptors (Lipinski definition) is 0. The molecule has 0 fully saturated rings. The van der Waals surface area contributed by atoms with Crippen LogP contribution in [0.2, 0.25) is 0 Å². The van der Waals surface area contributed by atoms with Gasteiger partial charge in [-0.1, -0.05) is 36.3 Å². The van der Waals surface area contributed by atoms with Crippen molar-refractivity contribution < 1.29 is 5.48 Å². The highest BCUT2D eigenvalue weighted by Crippen LogP contribution is 2.26. The Morgan fingerprint density at radius 3 is 1.79 bits per heavy atom. The number of fused-ring (bicyclic) bond motifs is 3. The Labute approximate surface area is 88.2 Å². The van der Waals surface area contributed by atoms with Crippen LogP contribution in [-0.4, -0.2) is 4.57 Å². The molecular weight excluding hydrogens is 170 g/mol. The van der Waals surface area contributed by atoms with Gasteiger partial charge in [0.15, 0.2) is 0 Å². The number of hydrogen-bond donors (Lipinski definition) is 0. The molecule has 14 heavy (non-hydrogen) atoms. The maximum absolute atomic E-state index is 7.70. The average Bonchev–Trinajstić information content (AvgIpc) is 2.56. The second-order valence-electron chi connectivity index (χ2n) is 3.31. The summed E-state index contributed by atoms with van der Waals surface area (Å²) in [4.78, 5) is 0. The van der Waals surface area contributed by atoms with Gasteiger partial charge in [-0.3, -0.25) is 0 Å². The van der Waals surface area contributed by atoms with Gasteiger partial charge in [0.2, 0.25) is 0 Å². The molecule has 2 aromatic carbocycles. The lowest BCUT2D eigenvalue weighted by atomic mass is 10.2. The van der Waals surface area contributed by atoms with Crippen LogP contribution in [0.15, 0.2) is 48.4 Å². The number of aryl methyl sites for hydroxylation is 1. The lowest BCUT2D eigenvalue weighted by Crippen LogP contribution is -1.84. The molecule has 0 bridgehead atoms. The Morgan fingerprint density at radius 1 is 0.857 bits per heavy atom. The molecule has 0 radical (unpaired) electrons. The van der Waals surface area contributed by atoms with Crippen LogP contribution >= 0.6 is 0 Å². The van der Waals surface area contributed by atoms with Crippen LogP contribution in [0.25, 0.3) is 21.8 Å². The monoisotopic (exact) mass is 185 g/mol. The van der Waals surface area contributed by atoms with Crippen molar-refractivity contribution in [2.45, 2.75) is 0 Å². The van der Waals surface area contributed by atoms with Crippen molar-refractivity contribution in [3.05, 3.63) is 48.4 Å². The Balaban J connectivity index is 2.58. The van der Waals surface area contributed by atoms with Gasteiger partial charge in [0.25, 0.3) is 0 Å².